The van der Waals surface area contributed by atoms with Crippen molar-refractivity contribution < 1.29 is 13.6 Å². The Labute approximate surface area is 135 Å². The predicted molar refractivity (Wildman–Crippen MR) is 79.8 cm³/mol. The van der Waals surface area contributed by atoms with E-state index in [-0.39, 0.29) is 29.8 Å². The van der Waals surface area contributed by atoms with E-state index in [1.807, 2.05) is 0 Å². The molecule has 1 amide bonds. The number of oxazole rings is 1. The van der Waals surface area contributed by atoms with Crippen LogP contribution >= 0.6 is 0 Å². The Morgan fingerprint density at radius 2 is 2.04 bits per heavy atom. The van der Waals surface area contributed by atoms with E-state index in [0.29, 0.717) is 11.4 Å². The summed E-state index contributed by atoms with van der Waals surface area (Å²) in [6.45, 7) is 1.66. The monoisotopic (exact) mass is 329 g/mol. The van der Waals surface area contributed by atoms with Gasteiger partial charge in [-0.15, -0.1) is 0 Å². The minimum Gasteiger partial charge on any atom is -0.443 e. The van der Waals surface area contributed by atoms with Crippen LogP contribution in [-0.2, 0) is 6.54 Å². The SMILES string of the molecule is Cc1nc(C(=O)NCc2ncc(F)cn2)c(N)nc1-c1ncco1. The lowest BCUT2D eigenvalue weighted by Gasteiger charge is -2.08. The number of nitrogens with two attached hydrogens (primary N) is 1. The highest BCUT2D eigenvalue weighted by Gasteiger charge is 2.18. The molecule has 3 aromatic heterocycles. The molecular weight excluding hydrogens is 317 g/mol. The van der Waals surface area contributed by atoms with E-state index >= 15 is 0 Å². The maximum Gasteiger partial charge on any atom is 0.274 e. The first kappa shape index (κ1) is 15.5. The summed E-state index contributed by atoms with van der Waals surface area (Å²) in [5.41, 5.74) is 6.56. The molecule has 0 bridgehead atoms. The molecule has 0 atom stereocenters. The van der Waals surface area contributed by atoms with Crippen LogP contribution in [0.2, 0.25) is 0 Å². The van der Waals surface area contributed by atoms with E-state index < -0.39 is 11.7 Å². The Morgan fingerprint density at radius 3 is 2.71 bits per heavy atom. The average molecular weight is 329 g/mol. The van der Waals surface area contributed by atoms with E-state index in [1.165, 1.54) is 12.5 Å². The van der Waals surface area contributed by atoms with Crippen LogP contribution in [0.25, 0.3) is 11.6 Å². The van der Waals surface area contributed by atoms with Crippen LogP contribution in [-0.4, -0.2) is 30.8 Å². The molecule has 9 nitrogen and oxygen atoms in total. The summed E-state index contributed by atoms with van der Waals surface area (Å²) in [7, 11) is 0. The smallest absolute Gasteiger partial charge is 0.274 e. The molecule has 0 aliphatic rings. The number of halogens is 1. The van der Waals surface area contributed by atoms with Gasteiger partial charge in [0.25, 0.3) is 5.91 Å². The first-order chi connectivity index (χ1) is 11.5. The first-order valence-corrected chi connectivity index (χ1v) is 6.83. The van der Waals surface area contributed by atoms with Gasteiger partial charge in [-0.3, -0.25) is 4.79 Å². The van der Waals surface area contributed by atoms with Gasteiger partial charge in [0.05, 0.1) is 30.8 Å². The third kappa shape index (κ3) is 3.16. The largest absolute Gasteiger partial charge is 0.443 e. The Balaban J connectivity index is 1.77. The summed E-state index contributed by atoms with van der Waals surface area (Å²) < 4.78 is 17.9. The van der Waals surface area contributed by atoms with Crippen molar-refractivity contribution in [2.45, 2.75) is 13.5 Å². The van der Waals surface area contributed by atoms with Gasteiger partial charge in [-0.25, -0.2) is 29.3 Å². The minimum atomic E-state index is -0.557. The lowest BCUT2D eigenvalue weighted by Crippen LogP contribution is -2.26. The molecule has 122 valence electrons. The Hall–Kier alpha value is -3.43. The van der Waals surface area contributed by atoms with E-state index in [4.69, 9.17) is 10.2 Å². The summed E-state index contributed by atoms with van der Waals surface area (Å²) in [5.74, 6) is -0.651. The molecule has 0 fully saturated rings. The van der Waals surface area contributed by atoms with Crippen molar-refractivity contribution in [1.29, 1.82) is 0 Å². The number of amides is 1. The van der Waals surface area contributed by atoms with Crippen LogP contribution in [0, 0.1) is 12.7 Å². The van der Waals surface area contributed by atoms with Crippen molar-refractivity contribution in [3.8, 4) is 11.6 Å². The number of hydrogen-bond acceptors (Lipinski definition) is 8. The highest BCUT2D eigenvalue weighted by atomic mass is 19.1. The van der Waals surface area contributed by atoms with Crippen LogP contribution in [0.3, 0.4) is 0 Å². The molecule has 24 heavy (non-hydrogen) atoms. The lowest BCUT2D eigenvalue weighted by molar-refractivity contribution is 0.0945. The van der Waals surface area contributed by atoms with Gasteiger partial charge in [-0.2, -0.15) is 0 Å². The Bertz CT molecular complexity index is 866. The van der Waals surface area contributed by atoms with Gasteiger partial charge in [0.1, 0.15) is 17.8 Å². The van der Waals surface area contributed by atoms with Crippen molar-refractivity contribution in [3.63, 3.8) is 0 Å². The number of carbonyl (C=O) groups excluding carboxylic acids is 1. The second kappa shape index (κ2) is 6.36. The van der Waals surface area contributed by atoms with Crippen LogP contribution < -0.4 is 11.1 Å². The van der Waals surface area contributed by atoms with Gasteiger partial charge in [0.15, 0.2) is 17.3 Å². The molecule has 0 spiro atoms. The Kier molecular flexibility index (Phi) is 4.10. The fourth-order valence-electron chi connectivity index (χ4n) is 1.92. The number of anilines is 1. The average Bonchev–Trinajstić information content (AvgIpc) is 3.10. The number of nitrogens with zero attached hydrogens (tertiary/aromatic N) is 5. The topological polar surface area (TPSA) is 133 Å². The van der Waals surface area contributed by atoms with Crippen molar-refractivity contribution in [2.75, 3.05) is 5.73 Å². The third-order valence-corrected chi connectivity index (χ3v) is 3.03. The van der Waals surface area contributed by atoms with Gasteiger partial charge in [-0.1, -0.05) is 0 Å². The number of rotatable bonds is 4. The zero-order valence-electron chi connectivity index (χ0n) is 12.5. The summed E-state index contributed by atoms with van der Waals surface area (Å²) in [5, 5.41) is 2.55. The highest BCUT2D eigenvalue weighted by molar-refractivity contribution is 5.96. The first-order valence-electron chi connectivity index (χ1n) is 6.83. The minimum absolute atomic E-state index is 0.000766. The van der Waals surface area contributed by atoms with Gasteiger partial charge in [0, 0.05) is 0 Å². The van der Waals surface area contributed by atoms with E-state index in [1.54, 1.807) is 6.92 Å². The van der Waals surface area contributed by atoms with E-state index in [0.717, 1.165) is 12.4 Å². The molecule has 0 aliphatic heterocycles. The summed E-state index contributed by atoms with van der Waals surface area (Å²) in [6.07, 6.45) is 4.89. The zero-order chi connectivity index (χ0) is 17.1. The molecule has 3 N–H and O–H groups in total. The second-order valence-electron chi connectivity index (χ2n) is 4.73. The number of nitrogens with one attached hydrogen (secondary N) is 1. The predicted octanol–water partition coefficient (Wildman–Crippen LogP) is 0.881. The molecule has 3 rings (SSSR count). The van der Waals surface area contributed by atoms with Crippen LogP contribution in [0.4, 0.5) is 10.2 Å². The fraction of sp³-hybridized carbons (Fsp3) is 0.143. The van der Waals surface area contributed by atoms with Gasteiger partial charge < -0.3 is 15.5 Å². The molecular formula is C14H12FN7O2. The maximum absolute atomic E-state index is 12.7. The van der Waals surface area contributed by atoms with Gasteiger partial charge >= 0.3 is 0 Å². The molecule has 10 heteroatoms. The molecule has 3 aromatic rings. The molecule has 0 aliphatic carbocycles. The van der Waals surface area contributed by atoms with E-state index in [2.05, 4.69) is 30.2 Å². The molecule has 0 aromatic carbocycles. The van der Waals surface area contributed by atoms with Crippen LogP contribution in [0.5, 0.6) is 0 Å². The van der Waals surface area contributed by atoms with Crippen molar-refractivity contribution in [2.24, 2.45) is 0 Å². The molecule has 0 unspecified atom stereocenters. The van der Waals surface area contributed by atoms with Crippen LogP contribution in [0.1, 0.15) is 22.0 Å². The van der Waals surface area contributed by atoms with Crippen molar-refractivity contribution >= 4 is 11.7 Å². The second-order valence-corrected chi connectivity index (χ2v) is 4.73. The summed E-state index contributed by atoms with van der Waals surface area (Å²) in [6, 6.07) is 0. The Morgan fingerprint density at radius 1 is 1.29 bits per heavy atom. The normalized spacial score (nSPS) is 10.6. The zero-order valence-corrected chi connectivity index (χ0v) is 12.5. The quantitative estimate of drug-likeness (QED) is 0.720. The number of aryl methyl sites for hydroxylation is 1. The molecule has 3 heterocycles. The summed E-state index contributed by atoms with van der Waals surface area (Å²) >= 11 is 0. The maximum atomic E-state index is 12.7. The fourth-order valence-corrected chi connectivity index (χ4v) is 1.92. The number of nitrogen functional groups attached to an aromatic ring is 1. The number of carbonyl (C=O) groups is 1. The van der Waals surface area contributed by atoms with Gasteiger partial charge in [0.2, 0.25) is 5.89 Å². The highest BCUT2D eigenvalue weighted by Crippen LogP contribution is 2.20. The third-order valence-electron chi connectivity index (χ3n) is 3.03. The number of hydrogen-bond donors (Lipinski definition) is 2. The number of aromatic nitrogens is 5. The van der Waals surface area contributed by atoms with E-state index in [9.17, 15) is 9.18 Å². The van der Waals surface area contributed by atoms with Crippen LogP contribution in [0.15, 0.2) is 29.3 Å². The van der Waals surface area contributed by atoms with Crippen molar-refractivity contribution in [1.82, 2.24) is 30.2 Å². The summed E-state index contributed by atoms with van der Waals surface area (Å²) in [4.78, 5) is 31.9. The molecule has 0 radical (unpaired) electrons. The van der Waals surface area contributed by atoms with Gasteiger partial charge in [-0.05, 0) is 6.92 Å². The van der Waals surface area contributed by atoms with Crippen molar-refractivity contribution in [3.05, 3.63) is 47.9 Å². The molecule has 0 saturated heterocycles. The molecule has 0 saturated carbocycles. The standard InChI is InChI=1S/C14H12FN7O2/c1-7-10(14-17-2-3-24-14)22-12(16)11(21-7)13(23)20-6-9-18-4-8(15)5-19-9/h2-5H,6H2,1H3,(H2,16,22)(H,20,23). The lowest BCUT2D eigenvalue weighted by atomic mass is 10.2.